The van der Waals surface area contributed by atoms with Crippen molar-refractivity contribution in [2.75, 3.05) is 13.1 Å². The largest absolute Gasteiger partial charge is 0.349 e. The van der Waals surface area contributed by atoms with Crippen molar-refractivity contribution in [1.29, 1.82) is 0 Å². The SMILES string of the molecule is O=C(NC1CCN(Cc2nc(C3(c4ccc(F)cc4)CC3)no2)CC1)c1ccccc1F. The molecule has 8 heteroatoms. The fourth-order valence-corrected chi connectivity index (χ4v) is 4.38. The van der Waals surface area contributed by atoms with Gasteiger partial charge >= 0.3 is 0 Å². The second-order valence-electron chi connectivity index (χ2n) is 8.60. The molecule has 0 atom stereocenters. The van der Waals surface area contributed by atoms with E-state index in [1.165, 1.54) is 24.3 Å². The van der Waals surface area contributed by atoms with Gasteiger partial charge in [0.2, 0.25) is 5.89 Å². The van der Waals surface area contributed by atoms with Gasteiger partial charge in [-0.05, 0) is 55.5 Å². The van der Waals surface area contributed by atoms with E-state index in [9.17, 15) is 13.6 Å². The Morgan fingerprint density at radius 1 is 1.09 bits per heavy atom. The lowest BCUT2D eigenvalue weighted by Gasteiger charge is -2.31. The third kappa shape index (κ3) is 4.14. The summed E-state index contributed by atoms with van der Waals surface area (Å²) < 4.78 is 32.6. The van der Waals surface area contributed by atoms with Crippen LogP contribution in [0, 0.1) is 11.6 Å². The number of rotatable bonds is 6. The number of carbonyl (C=O) groups is 1. The van der Waals surface area contributed by atoms with E-state index < -0.39 is 5.82 Å². The van der Waals surface area contributed by atoms with Crippen LogP contribution in [-0.4, -0.2) is 40.1 Å². The molecule has 5 rings (SSSR count). The molecule has 0 bridgehead atoms. The molecule has 2 aliphatic rings. The molecule has 2 heterocycles. The number of likely N-dealkylation sites (tertiary alicyclic amines) is 1. The number of amides is 1. The minimum atomic E-state index is -0.510. The van der Waals surface area contributed by atoms with Gasteiger partial charge in [0.05, 0.1) is 17.5 Å². The van der Waals surface area contributed by atoms with Crippen molar-refractivity contribution >= 4 is 5.91 Å². The van der Waals surface area contributed by atoms with Crippen molar-refractivity contribution in [3.63, 3.8) is 0 Å². The van der Waals surface area contributed by atoms with Gasteiger partial charge in [-0.25, -0.2) is 8.78 Å². The summed E-state index contributed by atoms with van der Waals surface area (Å²) in [4.78, 5) is 19.2. The third-order valence-corrected chi connectivity index (χ3v) is 6.44. The summed E-state index contributed by atoms with van der Waals surface area (Å²) in [7, 11) is 0. The number of piperidine rings is 1. The van der Waals surface area contributed by atoms with Gasteiger partial charge in [0, 0.05) is 19.1 Å². The van der Waals surface area contributed by atoms with Crippen LogP contribution < -0.4 is 5.32 Å². The zero-order valence-corrected chi connectivity index (χ0v) is 17.6. The number of halogens is 2. The molecule has 1 amide bonds. The predicted molar refractivity (Wildman–Crippen MR) is 113 cm³/mol. The van der Waals surface area contributed by atoms with Crippen molar-refractivity contribution in [2.45, 2.75) is 43.7 Å². The summed E-state index contributed by atoms with van der Waals surface area (Å²) >= 11 is 0. The molecule has 1 saturated heterocycles. The molecule has 166 valence electrons. The Morgan fingerprint density at radius 3 is 2.50 bits per heavy atom. The summed E-state index contributed by atoms with van der Waals surface area (Å²) in [6.07, 6.45) is 3.37. The van der Waals surface area contributed by atoms with Crippen molar-refractivity contribution in [3.8, 4) is 0 Å². The lowest BCUT2D eigenvalue weighted by Crippen LogP contribution is -2.44. The summed E-state index contributed by atoms with van der Waals surface area (Å²) in [5, 5.41) is 7.14. The average Bonchev–Trinajstić information content (AvgIpc) is 3.47. The second kappa shape index (κ2) is 8.43. The van der Waals surface area contributed by atoms with Crippen LogP contribution in [0.25, 0.3) is 0 Å². The molecule has 1 aromatic heterocycles. The predicted octanol–water partition coefficient (Wildman–Crippen LogP) is 3.82. The van der Waals surface area contributed by atoms with Crippen LogP contribution in [0.3, 0.4) is 0 Å². The molecule has 1 saturated carbocycles. The highest BCUT2D eigenvalue weighted by Gasteiger charge is 2.50. The van der Waals surface area contributed by atoms with E-state index in [0.717, 1.165) is 44.3 Å². The number of hydrogen-bond acceptors (Lipinski definition) is 5. The molecule has 0 spiro atoms. The standard InChI is InChI=1S/C24H24F2N4O2/c25-17-7-5-16(6-8-17)24(11-12-24)23-28-21(32-29-23)15-30-13-9-18(10-14-30)27-22(31)19-3-1-2-4-20(19)26/h1-8,18H,9-15H2,(H,27,31). The van der Waals surface area contributed by atoms with Crippen LogP contribution in [0.5, 0.6) is 0 Å². The van der Waals surface area contributed by atoms with E-state index in [0.29, 0.717) is 18.3 Å². The number of nitrogens with zero attached hydrogens (tertiary/aromatic N) is 3. The average molecular weight is 438 g/mol. The maximum atomic E-state index is 13.8. The van der Waals surface area contributed by atoms with E-state index >= 15 is 0 Å². The van der Waals surface area contributed by atoms with Crippen molar-refractivity contribution in [1.82, 2.24) is 20.4 Å². The molecule has 32 heavy (non-hydrogen) atoms. The topological polar surface area (TPSA) is 71.3 Å². The van der Waals surface area contributed by atoms with Crippen LogP contribution >= 0.6 is 0 Å². The first-order valence-corrected chi connectivity index (χ1v) is 10.9. The van der Waals surface area contributed by atoms with E-state index in [-0.39, 0.29) is 28.7 Å². The molecule has 0 radical (unpaired) electrons. The lowest BCUT2D eigenvalue weighted by atomic mass is 9.95. The normalized spacial score (nSPS) is 18.4. The van der Waals surface area contributed by atoms with Gasteiger partial charge in [0.15, 0.2) is 5.82 Å². The monoisotopic (exact) mass is 438 g/mol. The van der Waals surface area contributed by atoms with Crippen LogP contribution in [0.4, 0.5) is 8.78 Å². The number of carbonyl (C=O) groups excluding carboxylic acids is 1. The Hall–Kier alpha value is -3.13. The fourth-order valence-electron chi connectivity index (χ4n) is 4.38. The molecular formula is C24H24F2N4O2. The highest BCUT2D eigenvalue weighted by Crippen LogP contribution is 2.52. The number of benzene rings is 2. The van der Waals surface area contributed by atoms with Gasteiger partial charge in [-0.2, -0.15) is 4.98 Å². The molecule has 1 aliphatic carbocycles. The Kier molecular flexibility index (Phi) is 5.46. The highest BCUT2D eigenvalue weighted by molar-refractivity contribution is 5.94. The summed E-state index contributed by atoms with van der Waals surface area (Å²) in [5.74, 6) is 0.0718. The maximum Gasteiger partial charge on any atom is 0.254 e. The van der Waals surface area contributed by atoms with E-state index in [1.54, 1.807) is 24.3 Å². The summed E-state index contributed by atoms with van der Waals surface area (Å²) in [6, 6.07) is 12.5. The first-order valence-electron chi connectivity index (χ1n) is 10.9. The van der Waals surface area contributed by atoms with Crippen LogP contribution in [0.2, 0.25) is 0 Å². The Bertz CT molecular complexity index is 1100. The van der Waals surface area contributed by atoms with Crippen molar-refractivity contribution in [3.05, 3.63) is 83.0 Å². The molecule has 3 aromatic rings. The van der Waals surface area contributed by atoms with Crippen molar-refractivity contribution in [2.24, 2.45) is 0 Å². The van der Waals surface area contributed by atoms with Crippen LogP contribution in [-0.2, 0) is 12.0 Å². The fraction of sp³-hybridized carbons (Fsp3) is 0.375. The Labute approximate surface area is 184 Å². The van der Waals surface area contributed by atoms with Crippen LogP contribution in [0.1, 0.15) is 53.3 Å². The first-order chi connectivity index (χ1) is 15.5. The summed E-state index contributed by atoms with van der Waals surface area (Å²) in [6.45, 7) is 2.08. The summed E-state index contributed by atoms with van der Waals surface area (Å²) in [5.41, 5.74) is 0.820. The number of hydrogen-bond donors (Lipinski definition) is 1. The van der Waals surface area contributed by atoms with Gasteiger partial charge < -0.3 is 9.84 Å². The van der Waals surface area contributed by atoms with E-state index in [2.05, 4.69) is 20.4 Å². The van der Waals surface area contributed by atoms with Crippen molar-refractivity contribution < 1.29 is 18.1 Å². The highest BCUT2D eigenvalue weighted by atomic mass is 19.1. The molecular weight excluding hydrogens is 414 g/mol. The Balaban J connectivity index is 1.15. The molecule has 6 nitrogen and oxygen atoms in total. The van der Waals surface area contributed by atoms with E-state index in [1.807, 2.05) is 0 Å². The number of aromatic nitrogens is 2. The minimum Gasteiger partial charge on any atom is -0.349 e. The van der Waals surface area contributed by atoms with Gasteiger partial charge in [-0.3, -0.25) is 9.69 Å². The van der Waals surface area contributed by atoms with Gasteiger partial charge in [-0.15, -0.1) is 0 Å². The molecule has 0 unspecified atom stereocenters. The quantitative estimate of drug-likeness (QED) is 0.634. The second-order valence-corrected chi connectivity index (χ2v) is 8.60. The van der Waals surface area contributed by atoms with Gasteiger partial charge in [0.1, 0.15) is 11.6 Å². The van der Waals surface area contributed by atoms with E-state index in [4.69, 9.17) is 4.52 Å². The Morgan fingerprint density at radius 2 is 1.81 bits per heavy atom. The van der Waals surface area contributed by atoms with Gasteiger partial charge in [0.25, 0.3) is 5.91 Å². The maximum absolute atomic E-state index is 13.8. The van der Waals surface area contributed by atoms with Gasteiger partial charge in [-0.1, -0.05) is 29.4 Å². The van der Waals surface area contributed by atoms with Crippen LogP contribution in [0.15, 0.2) is 53.1 Å². The number of nitrogens with one attached hydrogen (secondary N) is 1. The smallest absolute Gasteiger partial charge is 0.254 e. The molecule has 1 N–H and O–H groups in total. The molecule has 2 fully saturated rings. The minimum absolute atomic E-state index is 0.00446. The third-order valence-electron chi connectivity index (χ3n) is 6.44. The lowest BCUT2D eigenvalue weighted by molar-refractivity contribution is 0.0900. The zero-order valence-electron chi connectivity index (χ0n) is 17.6. The zero-order chi connectivity index (χ0) is 22.1. The molecule has 1 aliphatic heterocycles. The molecule has 2 aromatic carbocycles. The first kappa shape index (κ1) is 20.8.